The van der Waals surface area contributed by atoms with E-state index in [1.807, 2.05) is 0 Å². The fourth-order valence-corrected chi connectivity index (χ4v) is 5.10. The molecule has 0 aromatic carbocycles. The van der Waals surface area contributed by atoms with E-state index in [1.165, 1.54) is 16.8 Å². The van der Waals surface area contributed by atoms with E-state index in [4.69, 9.17) is 19.6 Å². The van der Waals surface area contributed by atoms with Gasteiger partial charge in [0.2, 0.25) is 5.95 Å². The number of rotatable bonds is 10. The molecule has 0 bridgehead atoms. The molecular formula is C12H22N5O5PS. The van der Waals surface area contributed by atoms with Crippen LogP contribution in [0, 0.1) is 0 Å². The predicted molar refractivity (Wildman–Crippen MR) is 94.4 cm³/mol. The number of nitrogens with zero attached hydrogens (tertiary/aromatic N) is 2. The second kappa shape index (κ2) is 8.72. The van der Waals surface area contributed by atoms with Gasteiger partial charge in [-0.15, -0.1) is 11.8 Å². The van der Waals surface area contributed by atoms with Gasteiger partial charge in [-0.25, -0.2) is 5.06 Å². The third-order valence-corrected chi connectivity index (χ3v) is 6.68. The number of aromatic amines is 1. The zero-order valence-electron chi connectivity index (χ0n) is 13.6. The number of aromatic nitrogens is 2. The van der Waals surface area contributed by atoms with Gasteiger partial charge in [0, 0.05) is 5.75 Å². The fourth-order valence-electron chi connectivity index (χ4n) is 2.04. The lowest BCUT2D eigenvalue weighted by Gasteiger charge is -2.18. The molecule has 0 atom stereocenters. The van der Waals surface area contributed by atoms with Crippen molar-refractivity contribution < 1.29 is 18.5 Å². The van der Waals surface area contributed by atoms with E-state index >= 15 is 0 Å². The second-order valence-corrected chi connectivity index (χ2v) is 8.27. The Labute approximate surface area is 143 Å². The van der Waals surface area contributed by atoms with Gasteiger partial charge >= 0.3 is 7.60 Å². The Morgan fingerprint density at radius 1 is 1.38 bits per heavy atom. The number of thioether (sulfide) groups is 1. The van der Waals surface area contributed by atoms with Gasteiger partial charge < -0.3 is 20.1 Å². The van der Waals surface area contributed by atoms with Crippen molar-refractivity contribution >= 4 is 36.8 Å². The summed E-state index contributed by atoms with van der Waals surface area (Å²) in [5, 5.41) is 4.36. The first-order valence-corrected chi connectivity index (χ1v) is 10.4. The zero-order chi connectivity index (χ0) is 17.6. The van der Waals surface area contributed by atoms with Crippen molar-refractivity contribution in [3.8, 4) is 0 Å². The molecule has 10 nitrogen and oxygen atoms in total. The summed E-state index contributed by atoms with van der Waals surface area (Å²) >= 11 is 1.41. The molecule has 4 N–H and O–H groups in total. The third-order valence-electron chi connectivity index (χ3n) is 2.93. The zero-order valence-corrected chi connectivity index (χ0v) is 15.3. The summed E-state index contributed by atoms with van der Waals surface area (Å²) < 4.78 is 22.7. The summed E-state index contributed by atoms with van der Waals surface area (Å²) in [5.41, 5.74) is 5.78. The lowest BCUT2D eigenvalue weighted by Crippen LogP contribution is -2.25. The van der Waals surface area contributed by atoms with Crippen molar-refractivity contribution in [3.63, 3.8) is 0 Å². The molecule has 1 aromatic rings. The molecule has 1 aromatic heterocycles. The van der Waals surface area contributed by atoms with Crippen LogP contribution < -0.4 is 21.7 Å². The van der Waals surface area contributed by atoms with Crippen LogP contribution in [0.4, 0.5) is 17.5 Å². The normalized spacial score (nSPS) is 13.8. The molecular weight excluding hydrogens is 357 g/mol. The highest BCUT2D eigenvalue weighted by molar-refractivity contribution is 8.04. The van der Waals surface area contributed by atoms with Gasteiger partial charge in [-0.2, -0.15) is 4.98 Å². The number of nitrogen functional groups attached to an aromatic ring is 1. The Hall–Kier alpha value is -1.26. The molecule has 12 heteroatoms. The SMILES string of the molecule is CCOP(=O)(CSCCON1CNc2c1nc(N)[nH]c2=O)OCC. The first-order chi connectivity index (χ1) is 11.5. The maximum atomic E-state index is 12.3. The number of anilines is 3. The van der Waals surface area contributed by atoms with E-state index in [1.54, 1.807) is 13.8 Å². The molecule has 0 amide bonds. The number of H-pyrrole nitrogens is 1. The van der Waals surface area contributed by atoms with E-state index in [-0.39, 0.29) is 17.0 Å². The van der Waals surface area contributed by atoms with Crippen molar-refractivity contribution in [1.29, 1.82) is 0 Å². The van der Waals surface area contributed by atoms with E-state index < -0.39 is 7.60 Å². The number of hydroxylamine groups is 1. The average Bonchev–Trinajstić information content (AvgIpc) is 2.91. The van der Waals surface area contributed by atoms with Crippen LogP contribution in [0.5, 0.6) is 0 Å². The Morgan fingerprint density at radius 2 is 2.08 bits per heavy atom. The minimum absolute atomic E-state index is 0.0276. The first kappa shape index (κ1) is 19.1. The molecule has 0 saturated heterocycles. The molecule has 0 fully saturated rings. The third kappa shape index (κ3) is 4.87. The Morgan fingerprint density at radius 3 is 2.75 bits per heavy atom. The Bertz CT molecular complexity index is 647. The van der Waals surface area contributed by atoms with Gasteiger partial charge in [-0.3, -0.25) is 19.2 Å². The van der Waals surface area contributed by atoms with Gasteiger partial charge in [0.05, 0.1) is 25.3 Å². The van der Waals surface area contributed by atoms with Crippen molar-refractivity contribution in [2.75, 3.05) is 53.8 Å². The largest absolute Gasteiger partial charge is 0.369 e. The van der Waals surface area contributed by atoms with Gasteiger partial charge in [0.15, 0.2) is 5.82 Å². The van der Waals surface area contributed by atoms with Crippen LogP contribution in [0.15, 0.2) is 4.79 Å². The number of nitrogens with one attached hydrogen (secondary N) is 2. The van der Waals surface area contributed by atoms with Gasteiger partial charge in [0.1, 0.15) is 12.4 Å². The molecule has 136 valence electrons. The van der Waals surface area contributed by atoms with Gasteiger partial charge in [-0.05, 0) is 13.8 Å². The molecule has 2 rings (SSSR count). The summed E-state index contributed by atoms with van der Waals surface area (Å²) in [6.45, 7) is 4.88. The van der Waals surface area contributed by atoms with E-state index in [0.29, 0.717) is 43.7 Å². The van der Waals surface area contributed by atoms with Crippen molar-refractivity contribution in [3.05, 3.63) is 10.4 Å². The molecule has 0 radical (unpaired) electrons. The van der Waals surface area contributed by atoms with Crippen LogP contribution in [0.3, 0.4) is 0 Å². The molecule has 1 aliphatic heterocycles. The number of hydrogen-bond acceptors (Lipinski definition) is 10. The van der Waals surface area contributed by atoms with Crippen LogP contribution in [0.25, 0.3) is 0 Å². The maximum absolute atomic E-state index is 12.3. The van der Waals surface area contributed by atoms with E-state index in [2.05, 4.69) is 15.3 Å². The quantitative estimate of drug-likeness (QED) is 0.405. The van der Waals surface area contributed by atoms with Crippen LogP contribution >= 0.6 is 19.4 Å². The van der Waals surface area contributed by atoms with Crippen molar-refractivity contribution in [2.24, 2.45) is 0 Å². The van der Waals surface area contributed by atoms with E-state index in [0.717, 1.165) is 0 Å². The monoisotopic (exact) mass is 379 g/mol. The molecule has 0 saturated carbocycles. The van der Waals surface area contributed by atoms with E-state index in [9.17, 15) is 9.36 Å². The highest BCUT2D eigenvalue weighted by Gasteiger charge is 2.25. The lowest BCUT2D eigenvalue weighted by molar-refractivity contribution is 0.128. The minimum Gasteiger partial charge on any atom is -0.369 e. The summed E-state index contributed by atoms with van der Waals surface area (Å²) in [4.78, 5) is 23.7. The maximum Gasteiger partial charge on any atom is 0.340 e. The predicted octanol–water partition coefficient (Wildman–Crippen LogP) is 1.43. The van der Waals surface area contributed by atoms with Gasteiger partial charge in [0.25, 0.3) is 5.56 Å². The number of fused-ring (bicyclic) bond motifs is 1. The lowest BCUT2D eigenvalue weighted by atomic mass is 10.5. The Kier molecular flexibility index (Phi) is 6.93. The molecule has 0 spiro atoms. The molecule has 2 heterocycles. The van der Waals surface area contributed by atoms with Crippen molar-refractivity contribution in [1.82, 2.24) is 9.97 Å². The van der Waals surface area contributed by atoms with Gasteiger partial charge in [-0.1, -0.05) is 0 Å². The van der Waals surface area contributed by atoms with Crippen LogP contribution in [-0.2, 0) is 18.5 Å². The Balaban J connectivity index is 1.79. The molecule has 1 aliphatic rings. The first-order valence-electron chi connectivity index (χ1n) is 7.49. The van der Waals surface area contributed by atoms with Crippen molar-refractivity contribution in [2.45, 2.75) is 13.8 Å². The molecule has 0 aliphatic carbocycles. The topological polar surface area (TPSA) is 132 Å². The highest BCUT2D eigenvalue weighted by atomic mass is 32.2. The number of hydrogen-bond donors (Lipinski definition) is 3. The summed E-state index contributed by atoms with van der Waals surface area (Å²) in [6, 6.07) is 0. The summed E-state index contributed by atoms with van der Waals surface area (Å²) in [6.07, 6.45) is 0. The van der Waals surface area contributed by atoms with Crippen LogP contribution in [0.1, 0.15) is 13.8 Å². The summed E-state index contributed by atoms with van der Waals surface area (Å²) in [7, 11) is -3.04. The average molecular weight is 379 g/mol. The highest BCUT2D eigenvalue weighted by Crippen LogP contribution is 2.50. The van der Waals surface area contributed by atoms with Crippen LogP contribution in [-0.4, -0.2) is 47.7 Å². The second-order valence-electron chi connectivity index (χ2n) is 4.68. The standard InChI is InChI=1S/C12H22N5O5PS/c1-3-21-23(19,22-4-2)8-24-6-5-20-17-7-14-9-10(17)15-12(13)16-11(9)18/h14H,3-8H2,1-2H3,(H3,13,15,16,18). The fraction of sp³-hybridized carbons (Fsp3) is 0.667. The molecule has 0 unspecified atom stereocenters. The minimum atomic E-state index is -3.04. The smallest absolute Gasteiger partial charge is 0.340 e. The van der Waals surface area contributed by atoms with Crippen LogP contribution in [0.2, 0.25) is 0 Å². The molecule has 24 heavy (non-hydrogen) atoms. The summed E-state index contributed by atoms with van der Waals surface area (Å²) in [5.74, 6) is 0.963. The number of nitrogens with two attached hydrogens (primary N) is 1.